The summed E-state index contributed by atoms with van der Waals surface area (Å²) in [7, 11) is -3.27. The van der Waals surface area contributed by atoms with E-state index in [1.54, 1.807) is 0 Å². The van der Waals surface area contributed by atoms with E-state index in [0.29, 0.717) is 0 Å². The van der Waals surface area contributed by atoms with Gasteiger partial charge in [-0.1, -0.05) is 107 Å². The molecule has 0 spiro atoms. The van der Waals surface area contributed by atoms with Crippen LogP contribution >= 0.6 is 7.14 Å². The van der Waals surface area contributed by atoms with Crippen LogP contribution in [0, 0.1) is 27.7 Å². The zero-order valence-corrected chi connectivity index (χ0v) is 23.2. The fourth-order valence-electron chi connectivity index (χ4n) is 5.94. The molecule has 6 rings (SSSR count). The topological polar surface area (TPSA) is 17.1 Å². The molecule has 0 saturated heterocycles. The molecule has 0 aromatic heterocycles. The minimum Gasteiger partial charge on any atom is -0.309 e. The molecular weight excluding hydrogens is 479 g/mol. The summed E-state index contributed by atoms with van der Waals surface area (Å²) >= 11 is 0. The van der Waals surface area contributed by atoms with Crippen LogP contribution < -0.4 is 15.9 Å². The Bertz CT molecular complexity index is 1790. The second kappa shape index (κ2) is 9.43. The molecule has 0 bridgehead atoms. The zero-order chi connectivity index (χ0) is 26.4. The van der Waals surface area contributed by atoms with Gasteiger partial charge in [-0.3, -0.25) is 0 Å². The molecular formula is C36H31OP. The van der Waals surface area contributed by atoms with E-state index in [9.17, 15) is 0 Å². The van der Waals surface area contributed by atoms with Crippen LogP contribution in [0.25, 0.3) is 32.7 Å². The van der Waals surface area contributed by atoms with Crippen molar-refractivity contribution in [2.45, 2.75) is 27.7 Å². The molecule has 38 heavy (non-hydrogen) atoms. The third-order valence-electron chi connectivity index (χ3n) is 7.45. The van der Waals surface area contributed by atoms with E-state index in [-0.39, 0.29) is 0 Å². The van der Waals surface area contributed by atoms with Crippen molar-refractivity contribution >= 4 is 44.6 Å². The minimum absolute atomic E-state index is 0.886. The van der Waals surface area contributed by atoms with Gasteiger partial charge in [-0.25, -0.2) is 0 Å². The van der Waals surface area contributed by atoms with Crippen LogP contribution in [0.3, 0.4) is 0 Å². The molecule has 0 amide bonds. The Hall–Kier alpha value is -3.93. The molecule has 0 atom stereocenters. The molecule has 0 heterocycles. The number of hydrogen-bond acceptors (Lipinski definition) is 1. The van der Waals surface area contributed by atoms with Gasteiger partial charge >= 0.3 is 0 Å². The van der Waals surface area contributed by atoms with E-state index >= 15 is 4.57 Å². The fourth-order valence-corrected chi connectivity index (χ4v) is 9.18. The van der Waals surface area contributed by atoms with E-state index in [1.807, 2.05) is 0 Å². The first-order valence-corrected chi connectivity index (χ1v) is 14.8. The molecule has 186 valence electrons. The first kappa shape index (κ1) is 24.4. The van der Waals surface area contributed by atoms with Crippen molar-refractivity contribution in [2.24, 2.45) is 0 Å². The first-order valence-electron chi connectivity index (χ1n) is 13.1. The molecule has 1 nitrogen and oxygen atoms in total. The minimum atomic E-state index is -3.27. The lowest BCUT2D eigenvalue weighted by atomic mass is 9.94. The quantitative estimate of drug-likeness (QED) is 0.217. The third kappa shape index (κ3) is 4.08. The maximum absolute atomic E-state index is 16.0. The van der Waals surface area contributed by atoms with Crippen molar-refractivity contribution in [1.29, 1.82) is 0 Å². The summed E-state index contributed by atoms with van der Waals surface area (Å²) in [5.41, 5.74) is 6.66. The van der Waals surface area contributed by atoms with Gasteiger partial charge in [0.1, 0.15) is 0 Å². The average molecular weight is 511 g/mol. The molecule has 0 radical (unpaired) electrons. The van der Waals surface area contributed by atoms with E-state index in [2.05, 4.69) is 143 Å². The molecule has 0 saturated carbocycles. The van der Waals surface area contributed by atoms with Crippen LogP contribution in [-0.2, 0) is 4.57 Å². The summed E-state index contributed by atoms with van der Waals surface area (Å²) in [4.78, 5) is 0. The smallest absolute Gasteiger partial charge is 0.171 e. The van der Waals surface area contributed by atoms with E-state index < -0.39 is 7.14 Å². The van der Waals surface area contributed by atoms with E-state index in [1.165, 1.54) is 10.8 Å². The molecule has 0 fully saturated rings. The van der Waals surface area contributed by atoms with Crippen LogP contribution in [0.2, 0.25) is 0 Å². The molecule has 0 aliphatic rings. The largest absolute Gasteiger partial charge is 0.309 e. The number of benzene rings is 6. The van der Waals surface area contributed by atoms with Gasteiger partial charge in [0.15, 0.2) is 7.14 Å². The summed E-state index contributed by atoms with van der Waals surface area (Å²) in [5.74, 6) is 0. The van der Waals surface area contributed by atoms with Crippen molar-refractivity contribution in [1.82, 2.24) is 0 Å². The highest BCUT2D eigenvalue weighted by Gasteiger charge is 2.34. The zero-order valence-electron chi connectivity index (χ0n) is 22.3. The molecule has 0 aliphatic carbocycles. The van der Waals surface area contributed by atoms with Crippen molar-refractivity contribution in [3.8, 4) is 11.1 Å². The van der Waals surface area contributed by atoms with Crippen LogP contribution in [0.15, 0.2) is 115 Å². The monoisotopic (exact) mass is 510 g/mol. The molecule has 0 N–H and O–H groups in total. The maximum atomic E-state index is 16.0. The van der Waals surface area contributed by atoms with E-state index in [0.717, 1.165) is 60.1 Å². The fraction of sp³-hybridized carbons (Fsp3) is 0.111. The standard InChI is InChI=1S/C36H31OP/c1-24-18-25(2)21-30(20-24)38(37,31-22-26(3)19-27(4)23-31)35-17-16-29-11-6-8-14-33(29)36(35)34-15-9-12-28-10-5-7-13-32(28)34/h5-23H,1-4H3. The first-order chi connectivity index (χ1) is 18.3. The van der Waals surface area contributed by atoms with Gasteiger partial charge in [0.25, 0.3) is 0 Å². The molecule has 6 aromatic rings. The maximum Gasteiger partial charge on any atom is 0.171 e. The van der Waals surface area contributed by atoms with Crippen LogP contribution in [0.1, 0.15) is 22.3 Å². The molecule has 0 aliphatic heterocycles. The van der Waals surface area contributed by atoms with Crippen LogP contribution in [0.5, 0.6) is 0 Å². The van der Waals surface area contributed by atoms with Gasteiger partial charge < -0.3 is 4.57 Å². The number of rotatable bonds is 4. The molecule has 6 aromatic carbocycles. The van der Waals surface area contributed by atoms with Crippen LogP contribution in [0.4, 0.5) is 0 Å². The number of hydrogen-bond donors (Lipinski definition) is 0. The van der Waals surface area contributed by atoms with Crippen LogP contribution in [-0.4, -0.2) is 0 Å². The highest BCUT2D eigenvalue weighted by Crippen LogP contribution is 2.48. The Balaban J connectivity index is 1.81. The predicted molar refractivity (Wildman–Crippen MR) is 165 cm³/mol. The Kier molecular flexibility index (Phi) is 6.05. The summed E-state index contributed by atoms with van der Waals surface area (Å²) in [6, 6.07) is 40.4. The van der Waals surface area contributed by atoms with Crippen molar-refractivity contribution in [2.75, 3.05) is 0 Å². The van der Waals surface area contributed by atoms with Crippen molar-refractivity contribution < 1.29 is 4.57 Å². The van der Waals surface area contributed by atoms with Gasteiger partial charge in [0.2, 0.25) is 0 Å². The molecule has 2 heteroatoms. The lowest BCUT2D eigenvalue weighted by Crippen LogP contribution is -2.27. The highest BCUT2D eigenvalue weighted by molar-refractivity contribution is 7.85. The van der Waals surface area contributed by atoms with Gasteiger partial charge in [-0.15, -0.1) is 0 Å². The van der Waals surface area contributed by atoms with Crippen molar-refractivity contribution in [3.63, 3.8) is 0 Å². The Morgan fingerprint density at radius 1 is 0.474 bits per heavy atom. The average Bonchev–Trinajstić information content (AvgIpc) is 2.90. The number of fused-ring (bicyclic) bond motifs is 2. The van der Waals surface area contributed by atoms with Gasteiger partial charge in [-0.2, -0.15) is 0 Å². The second-order valence-corrected chi connectivity index (χ2v) is 13.2. The summed E-state index contributed by atoms with van der Waals surface area (Å²) in [5, 5.41) is 7.27. The summed E-state index contributed by atoms with van der Waals surface area (Å²) in [6.45, 7) is 8.37. The van der Waals surface area contributed by atoms with Gasteiger partial charge in [0, 0.05) is 21.5 Å². The SMILES string of the molecule is Cc1cc(C)cc(P(=O)(c2cc(C)cc(C)c2)c2ccc3ccccc3c2-c2cccc3ccccc23)c1. The Morgan fingerprint density at radius 2 is 0.947 bits per heavy atom. The second-order valence-electron chi connectivity index (χ2n) is 10.5. The Morgan fingerprint density at radius 3 is 1.53 bits per heavy atom. The summed E-state index contributed by atoms with van der Waals surface area (Å²) in [6.07, 6.45) is 0. The van der Waals surface area contributed by atoms with Gasteiger partial charge in [-0.05, 0) is 85.1 Å². The highest BCUT2D eigenvalue weighted by atomic mass is 31.2. The lowest BCUT2D eigenvalue weighted by Gasteiger charge is -2.26. The Labute approximate surface area is 225 Å². The number of aryl methyl sites for hydroxylation is 4. The lowest BCUT2D eigenvalue weighted by molar-refractivity contribution is 0.592. The van der Waals surface area contributed by atoms with Gasteiger partial charge in [0.05, 0.1) is 0 Å². The third-order valence-corrected chi connectivity index (χ3v) is 10.5. The molecule has 0 unspecified atom stereocenters. The summed E-state index contributed by atoms with van der Waals surface area (Å²) < 4.78 is 16.0. The predicted octanol–water partition coefficient (Wildman–Crippen LogP) is 8.53. The van der Waals surface area contributed by atoms with Crippen molar-refractivity contribution in [3.05, 3.63) is 138 Å². The normalized spacial score (nSPS) is 11.8. The van der Waals surface area contributed by atoms with E-state index in [4.69, 9.17) is 0 Å².